The lowest BCUT2D eigenvalue weighted by atomic mass is 10.5. The molecule has 1 heterocycles. The van der Waals surface area contributed by atoms with Crippen molar-refractivity contribution in [1.29, 1.82) is 0 Å². The highest BCUT2D eigenvalue weighted by atomic mass is 127. The van der Waals surface area contributed by atoms with E-state index in [0.29, 0.717) is 15.5 Å². The first-order chi connectivity index (χ1) is 5.59. The van der Waals surface area contributed by atoms with Gasteiger partial charge in [0, 0.05) is 11.0 Å². The van der Waals surface area contributed by atoms with Gasteiger partial charge in [0.2, 0.25) is 0 Å². The van der Waals surface area contributed by atoms with Crippen LogP contribution < -0.4 is 0 Å². The van der Waals surface area contributed by atoms with Crippen LogP contribution in [0.3, 0.4) is 0 Å². The molecule has 0 aromatic heterocycles. The van der Waals surface area contributed by atoms with Crippen molar-refractivity contribution in [3.63, 3.8) is 0 Å². The Bertz CT molecular complexity index is 253. The van der Waals surface area contributed by atoms with E-state index in [-0.39, 0.29) is 11.8 Å². The normalized spacial score (nSPS) is 18.1. The third kappa shape index (κ3) is 1.74. The Balaban J connectivity index is 2.88. The van der Waals surface area contributed by atoms with Gasteiger partial charge < -0.3 is 0 Å². The van der Waals surface area contributed by atoms with E-state index >= 15 is 0 Å². The van der Waals surface area contributed by atoms with Crippen LogP contribution in [-0.2, 0) is 9.59 Å². The second-order valence-corrected chi connectivity index (χ2v) is 4.74. The van der Waals surface area contributed by atoms with E-state index in [4.69, 9.17) is 0 Å². The Morgan fingerprint density at radius 1 is 1.17 bits per heavy atom. The summed E-state index contributed by atoms with van der Waals surface area (Å²) >= 11 is 8.19. The summed E-state index contributed by atoms with van der Waals surface area (Å²) < 4.78 is 1.38. The Morgan fingerprint density at radius 3 is 1.92 bits per heavy atom. The number of alkyl halides is 1. The van der Waals surface area contributed by atoms with E-state index < -0.39 is 0 Å². The van der Waals surface area contributed by atoms with Gasteiger partial charge in [0.1, 0.15) is 8.96 Å². The van der Waals surface area contributed by atoms with Gasteiger partial charge in [-0.25, -0.2) is 0 Å². The van der Waals surface area contributed by atoms with Gasteiger partial charge in [-0.05, 0) is 31.9 Å². The highest BCUT2D eigenvalue weighted by Gasteiger charge is 2.34. The Labute approximate surface area is 99.9 Å². The molecule has 0 aromatic rings. The van der Waals surface area contributed by atoms with Crippen molar-refractivity contribution in [1.82, 2.24) is 4.90 Å². The smallest absolute Gasteiger partial charge is 0.269 e. The van der Waals surface area contributed by atoms with Crippen LogP contribution in [0.1, 0.15) is 0 Å². The molecule has 0 aliphatic carbocycles. The molecular formula is C6H4Br2INO2. The molecule has 3 nitrogen and oxygen atoms in total. The molecule has 66 valence electrons. The minimum absolute atomic E-state index is 0.261. The van der Waals surface area contributed by atoms with Gasteiger partial charge in [0.25, 0.3) is 11.8 Å². The molecule has 1 aliphatic rings. The van der Waals surface area contributed by atoms with E-state index in [0.717, 1.165) is 4.43 Å². The van der Waals surface area contributed by atoms with Gasteiger partial charge in [-0.1, -0.05) is 22.6 Å². The predicted octanol–water partition coefficient (Wildman–Crippen LogP) is 1.79. The third-order valence-electron chi connectivity index (χ3n) is 1.37. The van der Waals surface area contributed by atoms with Crippen LogP contribution in [0.4, 0.5) is 0 Å². The summed E-state index contributed by atoms with van der Waals surface area (Å²) in [6.45, 7) is 0.461. The van der Waals surface area contributed by atoms with E-state index in [1.807, 2.05) is 0 Å². The van der Waals surface area contributed by atoms with E-state index in [1.54, 1.807) is 0 Å². The van der Waals surface area contributed by atoms with Crippen molar-refractivity contribution in [2.45, 2.75) is 0 Å². The lowest BCUT2D eigenvalue weighted by Gasteiger charge is -2.11. The van der Waals surface area contributed by atoms with Crippen LogP contribution in [-0.4, -0.2) is 27.7 Å². The Kier molecular flexibility index (Phi) is 3.72. The highest BCUT2D eigenvalue weighted by Crippen LogP contribution is 2.29. The molecule has 0 N–H and O–H groups in total. The Hall–Kier alpha value is 0.570. The van der Waals surface area contributed by atoms with Crippen molar-refractivity contribution >= 4 is 66.3 Å². The molecule has 12 heavy (non-hydrogen) atoms. The van der Waals surface area contributed by atoms with Gasteiger partial charge in [-0.15, -0.1) is 0 Å². The molecule has 6 heteroatoms. The van der Waals surface area contributed by atoms with E-state index in [1.165, 1.54) is 4.90 Å². The quantitative estimate of drug-likeness (QED) is 0.397. The second kappa shape index (κ2) is 4.19. The van der Waals surface area contributed by atoms with Crippen molar-refractivity contribution < 1.29 is 9.59 Å². The molecule has 0 spiro atoms. The molecule has 1 rings (SSSR count). The number of hydrogen-bond donors (Lipinski definition) is 0. The Morgan fingerprint density at radius 2 is 1.58 bits per heavy atom. The number of carbonyl (C=O) groups is 2. The first-order valence-corrected chi connectivity index (χ1v) is 6.18. The first-order valence-electron chi connectivity index (χ1n) is 3.07. The molecule has 0 aromatic carbocycles. The van der Waals surface area contributed by atoms with Crippen LogP contribution in [0.2, 0.25) is 0 Å². The number of carbonyl (C=O) groups excluding carboxylic acids is 2. The first kappa shape index (κ1) is 10.6. The van der Waals surface area contributed by atoms with Crippen LogP contribution >= 0.6 is 54.5 Å². The van der Waals surface area contributed by atoms with Crippen molar-refractivity contribution in [3.05, 3.63) is 8.96 Å². The van der Waals surface area contributed by atoms with Crippen molar-refractivity contribution in [2.75, 3.05) is 11.0 Å². The summed E-state index contributed by atoms with van der Waals surface area (Å²) in [5.74, 6) is -0.521. The van der Waals surface area contributed by atoms with Crippen LogP contribution in [0.25, 0.3) is 0 Å². The number of amides is 2. The molecule has 2 amide bonds. The summed E-state index contributed by atoms with van der Waals surface area (Å²) in [5.41, 5.74) is 0. The average Bonchev–Trinajstić information content (AvgIpc) is 2.23. The molecule has 0 fully saturated rings. The van der Waals surface area contributed by atoms with E-state index in [2.05, 4.69) is 54.5 Å². The summed E-state index contributed by atoms with van der Waals surface area (Å²) in [7, 11) is 0. The molecular weight excluding hydrogens is 405 g/mol. The van der Waals surface area contributed by atoms with Crippen LogP contribution in [0.5, 0.6) is 0 Å². The number of halogens is 3. The van der Waals surface area contributed by atoms with Crippen molar-refractivity contribution in [2.24, 2.45) is 0 Å². The zero-order valence-electron chi connectivity index (χ0n) is 5.81. The maximum absolute atomic E-state index is 11.3. The molecule has 0 radical (unpaired) electrons. The largest absolute Gasteiger partial charge is 0.273 e. The summed E-state index contributed by atoms with van der Waals surface area (Å²) in [6, 6.07) is 0. The molecule has 1 aliphatic heterocycles. The minimum atomic E-state index is -0.261. The van der Waals surface area contributed by atoms with Crippen LogP contribution in [0, 0.1) is 0 Å². The number of imide groups is 1. The predicted molar refractivity (Wildman–Crippen MR) is 60.5 cm³/mol. The van der Waals surface area contributed by atoms with Crippen LogP contribution in [0.15, 0.2) is 8.96 Å². The van der Waals surface area contributed by atoms with Gasteiger partial charge in [0.05, 0.1) is 0 Å². The third-order valence-corrected chi connectivity index (χ3v) is 3.85. The SMILES string of the molecule is O=C1C(Br)=C(Br)C(=O)N1CCI. The average molecular weight is 409 g/mol. The maximum Gasteiger partial charge on any atom is 0.269 e. The van der Waals surface area contributed by atoms with Gasteiger partial charge in [-0.3, -0.25) is 14.5 Å². The lowest BCUT2D eigenvalue weighted by molar-refractivity contribution is -0.136. The topological polar surface area (TPSA) is 37.4 Å². The van der Waals surface area contributed by atoms with E-state index in [9.17, 15) is 9.59 Å². The van der Waals surface area contributed by atoms with Crippen molar-refractivity contribution in [3.8, 4) is 0 Å². The zero-order chi connectivity index (χ0) is 9.30. The summed E-state index contributed by atoms with van der Waals surface area (Å²) in [4.78, 5) is 23.8. The number of nitrogens with zero attached hydrogens (tertiary/aromatic N) is 1. The minimum Gasteiger partial charge on any atom is -0.273 e. The van der Waals surface area contributed by atoms with Gasteiger partial charge in [0.15, 0.2) is 0 Å². The molecule has 0 saturated heterocycles. The van der Waals surface area contributed by atoms with Gasteiger partial charge >= 0.3 is 0 Å². The number of rotatable bonds is 2. The fourth-order valence-electron chi connectivity index (χ4n) is 0.805. The lowest BCUT2D eigenvalue weighted by Crippen LogP contribution is -2.32. The monoisotopic (exact) mass is 407 g/mol. The number of hydrogen-bond acceptors (Lipinski definition) is 2. The summed E-state index contributed by atoms with van der Waals surface area (Å²) in [5, 5.41) is 0. The fourth-order valence-corrected chi connectivity index (χ4v) is 2.05. The second-order valence-electron chi connectivity index (χ2n) is 2.08. The fraction of sp³-hybridized carbons (Fsp3) is 0.333. The molecule has 0 unspecified atom stereocenters. The highest BCUT2D eigenvalue weighted by molar-refractivity contribution is 14.1. The molecule has 0 saturated carbocycles. The maximum atomic E-state index is 11.3. The standard InChI is InChI=1S/C6H4Br2INO2/c7-3-4(8)6(12)10(2-1-9)5(3)11/h1-2H2. The van der Waals surface area contributed by atoms with Gasteiger partial charge in [-0.2, -0.15) is 0 Å². The molecule has 0 bridgehead atoms. The summed E-state index contributed by atoms with van der Waals surface area (Å²) in [6.07, 6.45) is 0. The zero-order valence-corrected chi connectivity index (χ0v) is 11.1. The molecule has 0 atom stereocenters.